The summed E-state index contributed by atoms with van der Waals surface area (Å²) in [5, 5.41) is 0. The van der Waals surface area contributed by atoms with Crippen LogP contribution in [0.1, 0.15) is 0 Å². The van der Waals surface area contributed by atoms with Crippen LogP contribution in [0.4, 0.5) is 0 Å². The van der Waals surface area contributed by atoms with E-state index < -0.39 is 8.69 Å². The van der Waals surface area contributed by atoms with Crippen LogP contribution in [0, 0.1) is 0 Å². The van der Waals surface area contributed by atoms with E-state index in [1.165, 1.54) is 0 Å². The van der Waals surface area contributed by atoms with Crippen LogP contribution in [0.2, 0.25) is 0 Å². The monoisotopic (exact) mass is 137 g/mol. The zero-order valence-corrected chi connectivity index (χ0v) is 6.61. The fourth-order valence-electron chi connectivity index (χ4n) is 0. The van der Waals surface area contributed by atoms with Crippen molar-refractivity contribution in [1.29, 1.82) is 0 Å². The Morgan fingerprint density at radius 3 is 1.25 bits per heavy atom. The van der Waals surface area contributed by atoms with Gasteiger partial charge in [-0.05, 0) is 0 Å². The molecule has 0 saturated heterocycles. The van der Waals surface area contributed by atoms with Crippen molar-refractivity contribution in [2.24, 2.45) is 0 Å². The van der Waals surface area contributed by atoms with Crippen molar-refractivity contribution in [3.8, 4) is 0 Å². The van der Waals surface area contributed by atoms with Crippen LogP contribution in [-0.4, -0.2) is 32.7 Å². The van der Waals surface area contributed by atoms with Gasteiger partial charge < -0.3 is 9.38 Å². The molecule has 0 saturated carbocycles. The number of hydrogen-bond donors (Lipinski definition) is 0. The van der Waals surface area contributed by atoms with Crippen LogP contribution in [0.5, 0.6) is 0 Å². The standard InChI is InChI=1S/C4H12N.HO2P/c1-5(2,3)4;1-3-2/h1-4H3;(H,1,2)/q+1;/p-1. The summed E-state index contributed by atoms with van der Waals surface area (Å²) < 4.78 is 9.35. The molecule has 0 atom stereocenters. The first-order valence-corrected chi connectivity index (χ1v) is 2.88. The second kappa shape index (κ2) is 5.16. The molecule has 0 aromatic heterocycles. The molecule has 0 heterocycles. The predicted octanol–water partition coefficient (Wildman–Crippen LogP) is -0.124. The second-order valence-electron chi connectivity index (χ2n) is 2.76. The first-order chi connectivity index (χ1) is 3.41. The number of rotatable bonds is 0. The molecule has 0 aliphatic rings. The van der Waals surface area contributed by atoms with Crippen LogP contribution in [0.3, 0.4) is 0 Å². The molecule has 0 unspecified atom stereocenters. The third-order valence-corrected chi connectivity index (χ3v) is 0. The normalized spacial score (nSPS) is 10.1. The zero-order valence-electron chi connectivity index (χ0n) is 5.71. The fraction of sp³-hybridized carbons (Fsp3) is 1.00. The maximum absolute atomic E-state index is 8.35. The third-order valence-electron chi connectivity index (χ3n) is 0. The largest absolute Gasteiger partial charge is 0.772 e. The first-order valence-electron chi connectivity index (χ1n) is 2.15. The Balaban J connectivity index is 0. The summed E-state index contributed by atoms with van der Waals surface area (Å²) in [6, 6.07) is 0. The minimum absolute atomic E-state index is 1.00. The van der Waals surface area contributed by atoms with Gasteiger partial charge in [0.25, 0.3) is 0 Å². The van der Waals surface area contributed by atoms with Crippen LogP contribution in [-0.2, 0) is 4.57 Å². The highest BCUT2D eigenvalue weighted by atomic mass is 31.1. The van der Waals surface area contributed by atoms with Crippen molar-refractivity contribution >= 4 is 8.69 Å². The molecule has 0 aromatic rings. The van der Waals surface area contributed by atoms with E-state index in [4.69, 9.17) is 9.46 Å². The summed E-state index contributed by atoms with van der Waals surface area (Å²) in [7, 11) is 7.42. The van der Waals surface area contributed by atoms with Crippen molar-refractivity contribution in [2.75, 3.05) is 28.2 Å². The molecule has 0 amide bonds. The highest BCUT2D eigenvalue weighted by molar-refractivity contribution is 7.14. The number of quaternary nitrogens is 1. The highest BCUT2D eigenvalue weighted by Crippen LogP contribution is 1.73. The molecule has 8 heavy (non-hydrogen) atoms. The highest BCUT2D eigenvalue weighted by Gasteiger charge is 1.88. The predicted molar refractivity (Wildman–Crippen MR) is 31.6 cm³/mol. The van der Waals surface area contributed by atoms with Gasteiger partial charge in [0.2, 0.25) is 0 Å². The zero-order chi connectivity index (χ0) is 7.21. The van der Waals surface area contributed by atoms with Gasteiger partial charge in [-0.1, -0.05) is 0 Å². The number of nitrogens with zero attached hydrogens (tertiary/aromatic N) is 1. The van der Waals surface area contributed by atoms with Crippen molar-refractivity contribution in [3.05, 3.63) is 0 Å². The third kappa shape index (κ3) is 379000. The van der Waals surface area contributed by atoms with Gasteiger partial charge in [-0.3, -0.25) is 4.57 Å². The first kappa shape index (κ1) is 10.9. The van der Waals surface area contributed by atoms with Crippen molar-refractivity contribution in [1.82, 2.24) is 0 Å². The van der Waals surface area contributed by atoms with Gasteiger partial charge in [-0.15, -0.1) is 0 Å². The molecule has 0 fully saturated rings. The Labute approximate surface area is 51.8 Å². The Bertz CT molecular complexity index is 53.5. The average Bonchev–Trinajstić information content (AvgIpc) is 1.27. The van der Waals surface area contributed by atoms with E-state index in [1.807, 2.05) is 0 Å². The minimum atomic E-state index is -1.08. The van der Waals surface area contributed by atoms with E-state index in [9.17, 15) is 0 Å². The Morgan fingerprint density at radius 2 is 1.25 bits per heavy atom. The SMILES string of the molecule is C[N+](C)(C)C.O=P[O-]. The van der Waals surface area contributed by atoms with Crippen LogP contribution < -0.4 is 4.89 Å². The Hall–Kier alpha value is 0.0200. The van der Waals surface area contributed by atoms with Gasteiger partial charge in [0.1, 0.15) is 0 Å². The van der Waals surface area contributed by atoms with Crippen LogP contribution in [0.25, 0.3) is 0 Å². The van der Waals surface area contributed by atoms with Crippen molar-refractivity contribution < 1.29 is 13.9 Å². The second-order valence-corrected chi connectivity index (χ2v) is 2.91. The Kier molecular flexibility index (Phi) is 7.04. The molecule has 3 nitrogen and oxygen atoms in total. The molecular formula is C4H12NO2P. The lowest BCUT2D eigenvalue weighted by Crippen LogP contribution is -2.27. The Morgan fingerprint density at radius 1 is 1.25 bits per heavy atom. The summed E-state index contributed by atoms with van der Waals surface area (Å²) in [6.45, 7) is 0. The van der Waals surface area contributed by atoms with Gasteiger partial charge in [0, 0.05) is 0 Å². The van der Waals surface area contributed by atoms with Crippen molar-refractivity contribution in [2.45, 2.75) is 0 Å². The molecule has 0 bridgehead atoms. The molecule has 50 valence electrons. The summed E-state index contributed by atoms with van der Waals surface area (Å²) in [6.07, 6.45) is 0. The summed E-state index contributed by atoms with van der Waals surface area (Å²) >= 11 is 0. The van der Waals surface area contributed by atoms with Gasteiger partial charge in [-0.25, -0.2) is 0 Å². The van der Waals surface area contributed by atoms with E-state index in [-0.39, 0.29) is 0 Å². The lowest BCUT2D eigenvalue weighted by molar-refractivity contribution is -0.849. The maximum atomic E-state index is 8.35. The molecule has 0 spiro atoms. The molecule has 0 aliphatic carbocycles. The van der Waals surface area contributed by atoms with E-state index in [2.05, 4.69) is 28.2 Å². The lowest BCUT2D eigenvalue weighted by atomic mass is 10.8. The van der Waals surface area contributed by atoms with E-state index in [0.717, 1.165) is 4.48 Å². The molecular weight excluding hydrogens is 125 g/mol. The van der Waals surface area contributed by atoms with Gasteiger partial charge in [-0.2, -0.15) is 0 Å². The van der Waals surface area contributed by atoms with Gasteiger partial charge in [0.05, 0.1) is 36.9 Å². The van der Waals surface area contributed by atoms with Crippen LogP contribution in [0.15, 0.2) is 0 Å². The maximum Gasteiger partial charge on any atom is 0.0675 e. The van der Waals surface area contributed by atoms with E-state index >= 15 is 0 Å². The van der Waals surface area contributed by atoms with E-state index in [0.29, 0.717) is 0 Å². The average molecular weight is 137 g/mol. The molecule has 0 aliphatic heterocycles. The molecule has 0 radical (unpaired) electrons. The quantitative estimate of drug-likeness (QED) is 0.345. The minimum Gasteiger partial charge on any atom is -0.772 e. The topological polar surface area (TPSA) is 40.1 Å². The summed E-state index contributed by atoms with van der Waals surface area (Å²) in [5.41, 5.74) is 0. The summed E-state index contributed by atoms with van der Waals surface area (Å²) in [4.78, 5) is 8.35. The van der Waals surface area contributed by atoms with Crippen molar-refractivity contribution in [3.63, 3.8) is 0 Å². The molecule has 0 aromatic carbocycles. The van der Waals surface area contributed by atoms with E-state index in [1.54, 1.807) is 0 Å². The fourth-order valence-corrected chi connectivity index (χ4v) is 0. The molecule has 4 heteroatoms. The lowest BCUT2D eigenvalue weighted by Gasteiger charge is -2.14. The molecule has 0 rings (SSSR count). The van der Waals surface area contributed by atoms with Gasteiger partial charge >= 0.3 is 0 Å². The number of hydrogen-bond acceptors (Lipinski definition) is 2. The summed E-state index contributed by atoms with van der Waals surface area (Å²) in [5.74, 6) is 0. The van der Waals surface area contributed by atoms with Gasteiger partial charge in [0.15, 0.2) is 0 Å². The van der Waals surface area contributed by atoms with Crippen LogP contribution >= 0.6 is 8.69 Å². The molecule has 0 N–H and O–H groups in total. The smallest absolute Gasteiger partial charge is 0.0675 e.